The molecule has 7 heteroatoms. The van der Waals surface area contributed by atoms with Crippen molar-refractivity contribution in [1.82, 2.24) is 15.1 Å². The van der Waals surface area contributed by atoms with Crippen LogP contribution in [-0.2, 0) is 16.1 Å². The summed E-state index contributed by atoms with van der Waals surface area (Å²) in [4.78, 5) is 28.4. The molecule has 0 aliphatic carbocycles. The molecule has 5 nitrogen and oxygen atoms in total. The summed E-state index contributed by atoms with van der Waals surface area (Å²) in [5, 5.41) is 3.09. The van der Waals surface area contributed by atoms with Crippen LogP contribution in [0, 0.1) is 11.6 Å². The molecule has 1 aromatic carbocycles. The number of hydrogen-bond acceptors (Lipinski definition) is 3. The zero-order valence-corrected chi connectivity index (χ0v) is 14.1. The van der Waals surface area contributed by atoms with Crippen molar-refractivity contribution in [2.45, 2.75) is 38.3 Å². The quantitative estimate of drug-likeness (QED) is 0.898. The summed E-state index contributed by atoms with van der Waals surface area (Å²) in [5.74, 6) is -1.52. The van der Waals surface area contributed by atoms with Gasteiger partial charge in [-0.1, -0.05) is 0 Å². The molecule has 0 radical (unpaired) electrons. The Morgan fingerprint density at radius 1 is 1.08 bits per heavy atom. The molecule has 2 saturated heterocycles. The molecule has 1 N–H and O–H groups in total. The van der Waals surface area contributed by atoms with Gasteiger partial charge >= 0.3 is 0 Å². The van der Waals surface area contributed by atoms with Crippen molar-refractivity contribution < 1.29 is 18.4 Å². The Bertz CT molecular complexity index is 627. The van der Waals surface area contributed by atoms with Gasteiger partial charge in [-0.05, 0) is 37.0 Å². The highest BCUT2D eigenvalue weighted by molar-refractivity contribution is 5.89. The van der Waals surface area contributed by atoms with Gasteiger partial charge in [-0.2, -0.15) is 0 Å². The van der Waals surface area contributed by atoms with E-state index in [1.54, 1.807) is 4.90 Å². The van der Waals surface area contributed by atoms with Gasteiger partial charge in [0.2, 0.25) is 11.8 Å². The Hall–Kier alpha value is -2.02. The van der Waals surface area contributed by atoms with Crippen LogP contribution in [-0.4, -0.2) is 53.8 Å². The minimum atomic E-state index is -0.658. The number of hydrogen-bond donors (Lipinski definition) is 1. The second-order valence-corrected chi connectivity index (χ2v) is 6.69. The lowest BCUT2D eigenvalue weighted by Crippen LogP contribution is -2.56. The summed E-state index contributed by atoms with van der Waals surface area (Å²) in [6.07, 6.45) is 3.29. The van der Waals surface area contributed by atoms with E-state index in [0.717, 1.165) is 38.4 Å². The molecule has 1 atom stereocenters. The van der Waals surface area contributed by atoms with Gasteiger partial charge in [0.1, 0.15) is 11.6 Å². The average molecular weight is 351 g/mol. The van der Waals surface area contributed by atoms with E-state index in [4.69, 9.17) is 0 Å². The number of carbonyl (C=O) groups is 2. The number of rotatable bonds is 4. The number of benzene rings is 1. The number of piperazine rings is 1. The lowest BCUT2D eigenvalue weighted by Gasteiger charge is -2.34. The van der Waals surface area contributed by atoms with Crippen molar-refractivity contribution in [3.8, 4) is 0 Å². The maximum Gasteiger partial charge on any atom is 0.240 e. The van der Waals surface area contributed by atoms with Crippen molar-refractivity contribution in [2.24, 2.45) is 0 Å². The number of nitrogens with zero attached hydrogens (tertiary/aromatic N) is 2. The van der Waals surface area contributed by atoms with Gasteiger partial charge < -0.3 is 15.1 Å². The SMILES string of the molecule is O=C(CC1NCCN(Cc2cc(F)cc(F)c2)C1=O)N1CCCCC1. The molecule has 2 fully saturated rings. The van der Waals surface area contributed by atoms with Crippen LogP contribution in [0.2, 0.25) is 0 Å². The smallest absolute Gasteiger partial charge is 0.240 e. The second-order valence-electron chi connectivity index (χ2n) is 6.69. The number of carbonyl (C=O) groups excluding carboxylic acids is 2. The van der Waals surface area contributed by atoms with Crippen LogP contribution in [0.5, 0.6) is 0 Å². The third kappa shape index (κ3) is 4.54. The van der Waals surface area contributed by atoms with E-state index in [1.165, 1.54) is 12.1 Å². The summed E-state index contributed by atoms with van der Waals surface area (Å²) in [5.41, 5.74) is 0.411. The van der Waals surface area contributed by atoms with E-state index >= 15 is 0 Å². The second kappa shape index (κ2) is 7.91. The number of likely N-dealkylation sites (tertiary alicyclic amines) is 1. The molecular weight excluding hydrogens is 328 g/mol. The number of amides is 2. The molecule has 3 rings (SSSR count). The molecule has 2 aliphatic heterocycles. The van der Waals surface area contributed by atoms with Gasteiger partial charge in [-0.25, -0.2) is 8.78 Å². The molecule has 0 spiro atoms. The van der Waals surface area contributed by atoms with Crippen molar-refractivity contribution in [3.63, 3.8) is 0 Å². The topological polar surface area (TPSA) is 52.7 Å². The van der Waals surface area contributed by atoms with E-state index in [-0.39, 0.29) is 24.8 Å². The van der Waals surface area contributed by atoms with Crippen molar-refractivity contribution >= 4 is 11.8 Å². The first-order chi connectivity index (χ1) is 12.0. The molecule has 0 aromatic heterocycles. The Labute approximate surface area is 146 Å². The maximum atomic E-state index is 13.3. The van der Waals surface area contributed by atoms with Crippen molar-refractivity contribution in [1.29, 1.82) is 0 Å². The summed E-state index contributed by atoms with van der Waals surface area (Å²) in [6.45, 7) is 2.66. The average Bonchev–Trinajstić information content (AvgIpc) is 2.58. The standard InChI is InChI=1S/C18H23F2N3O2/c19-14-8-13(9-15(20)10-14)12-23-7-4-21-16(18(23)25)11-17(24)22-5-2-1-3-6-22/h8-10,16,21H,1-7,11-12H2. The molecule has 0 bridgehead atoms. The molecule has 2 aliphatic rings. The molecule has 2 amide bonds. The van der Waals surface area contributed by atoms with Crippen LogP contribution in [0.3, 0.4) is 0 Å². The third-order valence-corrected chi connectivity index (χ3v) is 4.77. The molecule has 25 heavy (non-hydrogen) atoms. The third-order valence-electron chi connectivity index (χ3n) is 4.77. The van der Waals surface area contributed by atoms with Gasteiger partial charge in [-0.3, -0.25) is 9.59 Å². The van der Waals surface area contributed by atoms with E-state index < -0.39 is 17.7 Å². The van der Waals surface area contributed by atoms with Crippen LogP contribution in [0.1, 0.15) is 31.2 Å². The predicted molar refractivity (Wildman–Crippen MR) is 88.6 cm³/mol. The Balaban J connectivity index is 1.61. The molecule has 0 saturated carbocycles. The zero-order valence-electron chi connectivity index (χ0n) is 14.1. The Morgan fingerprint density at radius 2 is 1.76 bits per heavy atom. The summed E-state index contributed by atoms with van der Waals surface area (Å²) in [7, 11) is 0. The predicted octanol–water partition coefficient (Wildman–Crippen LogP) is 1.67. The fraction of sp³-hybridized carbons (Fsp3) is 0.556. The summed E-state index contributed by atoms with van der Waals surface area (Å²) in [6, 6.07) is 2.70. The maximum absolute atomic E-state index is 13.3. The van der Waals surface area contributed by atoms with Gasteiger partial charge in [0.05, 0.1) is 12.5 Å². The normalized spacial score (nSPS) is 21.5. The van der Waals surface area contributed by atoms with Gasteiger partial charge in [0.15, 0.2) is 0 Å². The Morgan fingerprint density at radius 3 is 2.44 bits per heavy atom. The molecule has 2 heterocycles. The minimum absolute atomic E-state index is 0.01000. The monoisotopic (exact) mass is 351 g/mol. The van der Waals surface area contributed by atoms with Crippen LogP contribution in [0.15, 0.2) is 18.2 Å². The van der Waals surface area contributed by atoms with Gasteiger partial charge in [-0.15, -0.1) is 0 Å². The Kier molecular flexibility index (Phi) is 5.63. The van der Waals surface area contributed by atoms with Crippen LogP contribution in [0.25, 0.3) is 0 Å². The van der Waals surface area contributed by atoms with E-state index in [2.05, 4.69) is 5.32 Å². The highest BCUT2D eigenvalue weighted by Crippen LogP contribution is 2.16. The number of nitrogens with one attached hydrogen (secondary N) is 1. The van der Waals surface area contributed by atoms with E-state index in [1.807, 2.05) is 4.90 Å². The van der Waals surface area contributed by atoms with Crippen LogP contribution in [0.4, 0.5) is 8.78 Å². The minimum Gasteiger partial charge on any atom is -0.343 e. The lowest BCUT2D eigenvalue weighted by atomic mass is 10.1. The van der Waals surface area contributed by atoms with Gasteiger partial charge in [0, 0.05) is 38.8 Å². The molecular formula is C18H23F2N3O2. The lowest BCUT2D eigenvalue weighted by molar-refractivity contribution is -0.141. The largest absolute Gasteiger partial charge is 0.343 e. The first-order valence-corrected chi connectivity index (χ1v) is 8.78. The number of piperidine rings is 1. The van der Waals surface area contributed by atoms with E-state index in [0.29, 0.717) is 18.7 Å². The van der Waals surface area contributed by atoms with Gasteiger partial charge in [0.25, 0.3) is 0 Å². The number of halogens is 2. The highest BCUT2D eigenvalue weighted by Gasteiger charge is 2.31. The van der Waals surface area contributed by atoms with Crippen molar-refractivity contribution in [2.75, 3.05) is 26.2 Å². The molecule has 1 unspecified atom stereocenters. The fourth-order valence-corrected chi connectivity index (χ4v) is 3.48. The highest BCUT2D eigenvalue weighted by atomic mass is 19.1. The fourth-order valence-electron chi connectivity index (χ4n) is 3.48. The first-order valence-electron chi connectivity index (χ1n) is 8.78. The first kappa shape index (κ1) is 17.8. The van der Waals surface area contributed by atoms with Crippen molar-refractivity contribution in [3.05, 3.63) is 35.4 Å². The zero-order chi connectivity index (χ0) is 17.8. The molecule has 1 aromatic rings. The van der Waals surface area contributed by atoms with E-state index in [9.17, 15) is 18.4 Å². The van der Waals surface area contributed by atoms with Crippen LogP contribution < -0.4 is 5.32 Å². The van der Waals surface area contributed by atoms with Crippen LogP contribution >= 0.6 is 0 Å². The molecule has 136 valence electrons. The summed E-state index contributed by atoms with van der Waals surface area (Å²) >= 11 is 0. The summed E-state index contributed by atoms with van der Waals surface area (Å²) < 4.78 is 26.7.